The van der Waals surface area contributed by atoms with Crippen molar-refractivity contribution in [1.29, 1.82) is 0 Å². The van der Waals surface area contributed by atoms with Gasteiger partial charge in [0.05, 0.1) is 25.4 Å². The van der Waals surface area contributed by atoms with Gasteiger partial charge in [-0.15, -0.1) is 0 Å². The van der Waals surface area contributed by atoms with Crippen molar-refractivity contribution in [3.8, 4) is 0 Å². The first-order valence-corrected chi connectivity index (χ1v) is 16.4. The maximum Gasteiger partial charge on any atom is 0.223 e. The highest BCUT2D eigenvalue weighted by atomic mass is 16.7. The van der Waals surface area contributed by atoms with Crippen LogP contribution in [0.4, 0.5) is 0 Å². The Labute approximate surface area is 246 Å². The molecule has 2 rings (SSSR count). The van der Waals surface area contributed by atoms with Gasteiger partial charge >= 0.3 is 0 Å². The highest BCUT2D eigenvalue weighted by Crippen LogP contribution is 2.25. The maximum atomic E-state index is 13.0. The number of carbonyl (C=O) groups excluding carboxylic acids is 1. The van der Waals surface area contributed by atoms with Gasteiger partial charge in [-0.3, -0.25) is 4.79 Å². The summed E-state index contributed by atoms with van der Waals surface area (Å²) >= 11 is 0. The number of amides is 1. The van der Waals surface area contributed by atoms with Crippen LogP contribution in [0.5, 0.6) is 0 Å². The van der Waals surface area contributed by atoms with Crippen molar-refractivity contribution in [3.63, 3.8) is 0 Å². The number of hydrogen-bond donors (Lipinski definition) is 7. The minimum Gasteiger partial charge on any atom is -0.394 e. The summed E-state index contributed by atoms with van der Waals surface area (Å²) in [6.07, 6.45) is 9.71. The van der Waals surface area contributed by atoms with Gasteiger partial charge in [-0.25, -0.2) is 0 Å². The second-order valence-corrected chi connectivity index (χ2v) is 12.2. The molecule has 0 aromatic heterocycles. The highest BCUT2D eigenvalue weighted by molar-refractivity contribution is 5.79. The van der Waals surface area contributed by atoms with E-state index in [1.54, 1.807) is 0 Å². The third-order valence-electron chi connectivity index (χ3n) is 8.75. The van der Waals surface area contributed by atoms with Crippen LogP contribution < -0.4 is 5.32 Å². The van der Waals surface area contributed by atoms with E-state index in [2.05, 4.69) is 12.2 Å². The van der Waals surface area contributed by atoms with E-state index in [1.807, 2.05) is 0 Å². The summed E-state index contributed by atoms with van der Waals surface area (Å²) in [5.74, 6) is -0.372. The van der Waals surface area contributed by atoms with E-state index in [-0.39, 0.29) is 18.4 Å². The molecule has 2 fully saturated rings. The molecule has 0 aromatic carbocycles. The summed E-state index contributed by atoms with van der Waals surface area (Å²) in [6, 6.07) is -0.968. The van der Waals surface area contributed by atoms with Gasteiger partial charge in [0.2, 0.25) is 5.91 Å². The van der Waals surface area contributed by atoms with Crippen LogP contribution in [0.3, 0.4) is 0 Å². The van der Waals surface area contributed by atoms with Crippen LogP contribution in [0.2, 0.25) is 0 Å². The van der Waals surface area contributed by atoms with Gasteiger partial charge in [0.25, 0.3) is 0 Å². The first-order chi connectivity index (χ1) is 19.8. The first kappa shape index (κ1) is 36.3. The zero-order valence-electron chi connectivity index (χ0n) is 25.2. The molecule has 1 heterocycles. The summed E-state index contributed by atoms with van der Waals surface area (Å²) in [5, 5.41) is 64.4. The van der Waals surface area contributed by atoms with Crippen LogP contribution in [0.25, 0.3) is 0 Å². The lowest BCUT2D eigenvalue weighted by Crippen LogP contribution is -2.60. The average Bonchev–Trinajstić information content (AvgIpc) is 2.99. The molecule has 8 atom stereocenters. The quantitative estimate of drug-likeness (QED) is 0.0995. The summed E-state index contributed by atoms with van der Waals surface area (Å²) in [4.78, 5) is 13.0. The van der Waals surface area contributed by atoms with E-state index < -0.39 is 55.6 Å². The van der Waals surface area contributed by atoms with Gasteiger partial charge in [0.1, 0.15) is 30.5 Å². The number of unbranched alkanes of at least 4 members (excludes halogenated alkanes) is 11. The number of rotatable bonds is 21. The number of carbonyl (C=O) groups is 1. The predicted octanol–water partition coefficient (Wildman–Crippen LogP) is 2.68. The molecule has 1 aliphatic carbocycles. The Morgan fingerprint density at radius 2 is 1.39 bits per heavy atom. The minimum absolute atomic E-state index is 0.167. The Kier molecular flexibility index (Phi) is 18.6. The predicted molar refractivity (Wildman–Crippen MR) is 156 cm³/mol. The van der Waals surface area contributed by atoms with E-state index in [9.17, 15) is 35.4 Å². The molecule has 2 aliphatic rings. The third kappa shape index (κ3) is 13.1. The monoisotopic (exact) mass is 589 g/mol. The second kappa shape index (κ2) is 21.0. The summed E-state index contributed by atoms with van der Waals surface area (Å²) in [6.45, 7) is 1.35. The largest absolute Gasteiger partial charge is 0.394 e. The van der Waals surface area contributed by atoms with Crippen LogP contribution in [0, 0.1) is 5.92 Å². The van der Waals surface area contributed by atoms with Crippen LogP contribution in [0.15, 0.2) is 0 Å². The van der Waals surface area contributed by atoms with Crippen LogP contribution in [-0.2, 0) is 14.3 Å². The van der Waals surface area contributed by atoms with E-state index in [1.165, 1.54) is 57.8 Å². The Bertz CT molecular complexity index is 676. The zero-order valence-corrected chi connectivity index (χ0v) is 25.2. The Hall–Kier alpha value is -0.850. The van der Waals surface area contributed by atoms with Crippen LogP contribution in [0.1, 0.15) is 122 Å². The molecular weight excluding hydrogens is 530 g/mol. The van der Waals surface area contributed by atoms with Crippen LogP contribution in [-0.4, -0.2) is 98.7 Å². The summed E-state index contributed by atoms with van der Waals surface area (Å²) < 4.78 is 11.0. The second-order valence-electron chi connectivity index (χ2n) is 12.2. The lowest BCUT2D eigenvalue weighted by molar-refractivity contribution is -0.303. The summed E-state index contributed by atoms with van der Waals surface area (Å²) in [7, 11) is 0. The number of aliphatic hydroxyl groups is 6. The fourth-order valence-corrected chi connectivity index (χ4v) is 5.93. The van der Waals surface area contributed by atoms with Gasteiger partial charge in [-0.05, 0) is 19.3 Å². The molecule has 1 amide bonds. The average molecular weight is 590 g/mol. The first-order valence-electron chi connectivity index (χ1n) is 16.4. The lowest BCUT2D eigenvalue weighted by atomic mass is 9.88. The Balaban J connectivity index is 1.80. The molecule has 0 spiro atoms. The van der Waals surface area contributed by atoms with Gasteiger partial charge in [-0.1, -0.05) is 103 Å². The molecule has 0 bridgehead atoms. The minimum atomic E-state index is -1.59. The van der Waals surface area contributed by atoms with Crippen molar-refractivity contribution in [2.75, 3.05) is 13.2 Å². The molecule has 41 heavy (non-hydrogen) atoms. The van der Waals surface area contributed by atoms with Gasteiger partial charge in [0, 0.05) is 5.92 Å². The Morgan fingerprint density at radius 1 is 0.829 bits per heavy atom. The number of ether oxygens (including phenoxy) is 2. The van der Waals surface area contributed by atoms with Gasteiger partial charge in [-0.2, -0.15) is 0 Å². The van der Waals surface area contributed by atoms with Crippen molar-refractivity contribution in [2.24, 2.45) is 5.92 Å². The van der Waals surface area contributed by atoms with Crippen molar-refractivity contribution >= 4 is 5.91 Å². The number of nitrogens with one attached hydrogen (secondary N) is 1. The smallest absolute Gasteiger partial charge is 0.223 e. The van der Waals surface area contributed by atoms with E-state index >= 15 is 0 Å². The van der Waals surface area contributed by atoms with E-state index in [0.717, 1.165) is 51.4 Å². The molecule has 1 saturated heterocycles. The molecule has 0 radical (unpaired) electrons. The van der Waals surface area contributed by atoms with Gasteiger partial charge < -0.3 is 45.4 Å². The molecule has 1 saturated carbocycles. The SMILES string of the molecule is CCCCCCCCCCCCCCC(O)C(O)C(CO[C@H]1O[C@H](CO)[C@H](O)[C@H](O)[C@H]1O)NC(=O)C1CCCCC1. The lowest BCUT2D eigenvalue weighted by Gasteiger charge is -2.40. The van der Waals surface area contributed by atoms with E-state index in [4.69, 9.17) is 9.47 Å². The molecule has 7 N–H and O–H groups in total. The molecule has 3 unspecified atom stereocenters. The van der Waals surface area contributed by atoms with Crippen molar-refractivity contribution in [2.45, 2.75) is 171 Å². The summed E-state index contributed by atoms with van der Waals surface area (Å²) in [5.41, 5.74) is 0. The number of aliphatic hydroxyl groups excluding tert-OH is 6. The normalized spacial score (nSPS) is 27.8. The molecule has 242 valence electrons. The zero-order chi connectivity index (χ0) is 30.0. The van der Waals surface area contributed by atoms with Gasteiger partial charge in [0.15, 0.2) is 6.29 Å². The molecule has 1 aliphatic heterocycles. The van der Waals surface area contributed by atoms with Crippen molar-refractivity contribution in [1.82, 2.24) is 5.32 Å². The highest BCUT2D eigenvalue weighted by Gasteiger charge is 2.44. The third-order valence-corrected chi connectivity index (χ3v) is 8.75. The topological polar surface area (TPSA) is 169 Å². The molecule has 10 heteroatoms. The standard InChI is InChI=1S/C31H59NO9/c1-2-3-4-5-6-7-8-9-10-11-12-16-19-24(34)26(35)23(32-30(39)22-17-14-13-15-18-22)21-40-31-29(38)28(37)27(36)25(20-33)41-31/h22-29,31,33-38H,2-21H2,1H3,(H,32,39)/t23?,24?,25-,26?,27+,28+,29-,31+/m1/s1. The molecular formula is C31H59NO9. The van der Waals surface area contributed by atoms with E-state index in [0.29, 0.717) is 6.42 Å². The fourth-order valence-electron chi connectivity index (χ4n) is 5.93. The van der Waals surface area contributed by atoms with Crippen molar-refractivity contribution < 1.29 is 44.9 Å². The Morgan fingerprint density at radius 3 is 1.95 bits per heavy atom. The maximum absolute atomic E-state index is 13.0. The fraction of sp³-hybridized carbons (Fsp3) is 0.968. The van der Waals surface area contributed by atoms with Crippen molar-refractivity contribution in [3.05, 3.63) is 0 Å². The number of hydrogen-bond acceptors (Lipinski definition) is 9. The molecule has 0 aromatic rings. The van der Waals surface area contributed by atoms with Crippen LogP contribution >= 0.6 is 0 Å². The molecule has 10 nitrogen and oxygen atoms in total.